The third-order valence-electron chi connectivity index (χ3n) is 2.48. The van der Waals surface area contributed by atoms with E-state index in [4.69, 9.17) is 4.74 Å². The molecule has 0 amide bonds. The molecule has 0 fully saturated rings. The van der Waals surface area contributed by atoms with Crippen molar-refractivity contribution >= 4 is 0 Å². The number of hydrogen-bond donors (Lipinski definition) is 1. The highest BCUT2D eigenvalue weighted by molar-refractivity contribution is 5.36. The molecular weight excluding hydrogens is 176 g/mol. The Morgan fingerprint density at radius 2 is 2.07 bits per heavy atom. The largest absolute Gasteiger partial charge is 0.497 e. The normalized spacial score (nSPS) is 12.6. The number of hydrogen-bond acceptors (Lipinski definition) is 2. The van der Waals surface area contributed by atoms with Crippen molar-refractivity contribution in [2.75, 3.05) is 7.11 Å². The Hall–Kier alpha value is -1.02. The number of aliphatic hydroxyl groups excluding tert-OH is 1. The summed E-state index contributed by atoms with van der Waals surface area (Å²) in [7, 11) is 1.66. The van der Waals surface area contributed by atoms with Crippen molar-refractivity contribution in [3.8, 4) is 5.75 Å². The zero-order chi connectivity index (χ0) is 10.6. The lowest BCUT2D eigenvalue weighted by Gasteiger charge is -2.14. The van der Waals surface area contributed by atoms with E-state index in [1.54, 1.807) is 7.11 Å². The molecule has 0 aliphatic carbocycles. The molecule has 0 aliphatic heterocycles. The summed E-state index contributed by atoms with van der Waals surface area (Å²) in [5, 5.41) is 9.76. The lowest BCUT2D eigenvalue weighted by molar-refractivity contribution is 0.172. The van der Waals surface area contributed by atoms with Gasteiger partial charge in [-0.3, -0.25) is 0 Å². The van der Waals surface area contributed by atoms with Gasteiger partial charge in [0.25, 0.3) is 0 Å². The van der Waals surface area contributed by atoms with Gasteiger partial charge < -0.3 is 9.84 Å². The molecule has 1 aromatic carbocycles. The Morgan fingerprint density at radius 3 is 2.57 bits per heavy atom. The first-order valence-electron chi connectivity index (χ1n) is 5.07. The molecule has 0 heterocycles. The molecule has 1 rings (SSSR count). The van der Waals surface area contributed by atoms with Crippen molar-refractivity contribution in [1.82, 2.24) is 0 Å². The monoisotopic (exact) mass is 194 g/mol. The van der Waals surface area contributed by atoms with Crippen LogP contribution in [0.1, 0.15) is 37.5 Å². The minimum Gasteiger partial charge on any atom is -0.497 e. The lowest BCUT2D eigenvalue weighted by atomic mass is 9.99. The molecule has 0 saturated carbocycles. The van der Waals surface area contributed by atoms with Gasteiger partial charge in [0.15, 0.2) is 0 Å². The van der Waals surface area contributed by atoms with Crippen molar-refractivity contribution in [3.63, 3.8) is 0 Å². The van der Waals surface area contributed by atoms with E-state index in [1.165, 1.54) is 5.56 Å². The minimum absolute atomic E-state index is 0.351. The number of ether oxygens (including phenoxy) is 1. The van der Waals surface area contributed by atoms with Crippen LogP contribution < -0.4 is 4.74 Å². The van der Waals surface area contributed by atoms with Crippen LogP contribution in [0, 0.1) is 0 Å². The topological polar surface area (TPSA) is 29.5 Å². The molecule has 2 heteroatoms. The highest BCUT2D eigenvalue weighted by Gasteiger charge is 2.09. The number of rotatable bonds is 4. The van der Waals surface area contributed by atoms with E-state index in [0.29, 0.717) is 0 Å². The third-order valence-corrected chi connectivity index (χ3v) is 2.48. The second kappa shape index (κ2) is 5.01. The average Bonchev–Trinajstić information content (AvgIpc) is 2.27. The second-order valence-corrected chi connectivity index (χ2v) is 3.34. The lowest BCUT2D eigenvalue weighted by Crippen LogP contribution is -2.00. The average molecular weight is 194 g/mol. The van der Waals surface area contributed by atoms with E-state index >= 15 is 0 Å². The quantitative estimate of drug-likeness (QED) is 0.798. The van der Waals surface area contributed by atoms with Crippen molar-refractivity contribution < 1.29 is 9.84 Å². The van der Waals surface area contributed by atoms with Crippen LogP contribution in [0.25, 0.3) is 0 Å². The van der Waals surface area contributed by atoms with Gasteiger partial charge in [-0.05, 0) is 36.1 Å². The van der Waals surface area contributed by atoms with E-state index in [9.17, 15) is 5.11 Å². The zero-order valence-corrected chi connectivity index (χ0v) is 9.08. The summed E-state index contributed by atoms with van der Waals surface area (Å²) in [5.41, 5.74) is 2.19. The SMILES string of the molecule is CCc1cc(OC)ccc1[C@@H](O)CC. The number of aliphatic hydroxyl groups is 1. The van der Waals surface area contributed by atoms with Gasteiger partial charge in [0.05, 0.1) is 13.2 Å². The highest BCUT2D eigenvalue weighted by Crippen LogP contribution is 2.25. The van der Waals surface area contributed by atoms with Gasteiger partial charge in [0.1, 0.15) is 5.75 Å². The molecule has 0 unspecified atom stereocenters. The first-order valence-corrected chi connectivity index (χ1v) is 5.07. The molecule has 14 heavy (non-hydrogen) atoms. The van der Waals surface area contributed by atoms with Crippen LogP contribution in [-0.2, 0) is 6.42 Å². The van der Waals surface area contributed by atoms with Gasteiger partial charge in [-0.25, -0.2) is 0 Å². The summed E-state index contributed by atoms with van der Waals surface area (Å²) >= 11 is 0. The Kier molecular flexibility index (Phi) is 3.96. The van der Waals surface area contributed by atoms with Gasteiger partial charge >= 0.3 is 0 Å². The Bertz CT molecular complexity index is 294. The molecule has 0 saturated heterocycles. The molecule has 1 aromatic rings. The molecule has 1 atom stereocenters. The van der Waals surface area contributed by atoms with Gasteiger partial charge in [0, 0.05) is 0 Å². The second-order valence-electron chi connectivity index (χ2n) is 3.34. The third kappa shape index (κ3) is 2.26. The fourth-order valence-electron chi connectivity index (χ4n) is 1.56. The highest BCUT2D eigenvalue weighted by atomic mass is 16.5. The smallest absolute Gasteiger partial charge is 0.119 e. The molecular formula is C12H18O2. The van der Waals surface area contributed by atoms with Gasteiger partial charge in [-0.1, -0.05) is 19.9 Å². The van der Waals surface area contributed by atoms with Gasteiger partial charge in [-0.2, -0.15) is 0 Å². The maximum absolute atomic E-state index is 9.76. The van der Waals surface area contributed by atoms with Gasteiger partial charge in [-0.15, -0.1) is 0 Å². The van der Waals surface area contributed by atoms with Crippen molar-refractivity contribution in [2.45, 2.75) is 32.8 Å². The zero-order valence-electron chi connectivity index (χ0n) is 9.08. The molecule has 0 spiro atoms. The van der Waals surface area contributed by atoms with Crippen LogP contribution >= 0.6 is 0 Å². The fourth-order valence-corrected chi connectivity index (χ4v) is 1.56. The summed E-state index contributed by atoms with van der Waals surface area (Å²) in [6.45, 7) is 4.06. The maximum Gasteiger partial charge on any atom is 0.119 e. The summed E-state index contributed by atoms with van der Waals surface area (Å²) in [5.74, 6) is 0.855. The van der Waals surface area contributed by atoms with Gasteiger partial charge in [0.2, 0.25) is 0 Å². The van der Waals surface area contributed by atoms with Crippen LogP contribution in [0.4, 0.5) is 0 Å². The van der Waals surface area contributed by atoms with Crippen LogP contribution in [0.3, 0.4) is 0 Å². The van der Waals surface area contributed by atoms with Crippen molar-refractivity contribution in [2.24, 2.45) is 0 Å². The predicted molar refractivity (Wildman–Crippen MR) is 57.6 cm³/mol. The summed E-state index contributed by atoms with van der Waals surface area (Å²) < 4.78 is 5.14. The van der Waals surface area contributed by atoms with Crippen molar-refractivity contribution in [3.05, 3.63) is 29.3 Å². The number of methoxy groups -OCH3 is 1. The van der Waals surface area contributed by atoms with Crippen LogP contribution in [-0.4, -0.2) is 12.2 Å². The van der Waals surface area contributed by atoms with Crippen LogP contribution in [0.5, 0.6) is 5.75 Å². The Labute approximate surface area is 85.5 Å². The summed E-state index contributed by atoms with van der Waals surface area (Å²) in [4.78, 5) is 0. The Morgan fingerprint density at radius 1 is 1.36 bits per heavy atom. The predicted octanol–water partition coefficient (Wildman–Crippen LogP) is 2.70. The molecule has 0 radical (unpaired) electrons. The van der Waals surface area contributed by atoms with Crippen LogP contribution in [0.15, 0.2) is 18.2 Å². The molecule has 2 nitrogen and oxygen atoms in total. The summed E-state index contributed by atoms with van der Waals surface area (Å²) in [6, 6.07) is 5.84. The molecule has 0 aliphatic rings. The van der Waals surface area contributed by atoms with E-state index < -0.39 is 0 Å². The molecule has 1 N–H and O–H groups in total. The molecule has 78 valence electrons. The summed E-state index contributed by atoms with van der Waals surface area (Å²) in [6.07, 6.45) is 1.32. The molecule has 0 aromatic heterocycles. The van der Waals surface area contributed by atoms with E-state index in [1.807, 2.05) is 25.1 Å². The van der Waals surface area contributed by atoms with Crippen molar-refractivity contribution in [1.29, 1.82) is 0 Å². The standard InChI is InChI=1S/C12H18O2/c1-4-9-8-10(14-3)6-7-11(9)12(13)5-2/h6-8,12-13H,4-5H2,1-3H3/t12-/m0/s1. The first kappa shape index (κ1) is 11.1. The fraction of sp³-hybridized carbons (Fsp3) is 0.500. The minimum atomic E-state index is -0.351. The maximum atomic E-state index is 9.76. The number of aryl methyl sites for hydroxylation is 1. The van der Waals surface area contributed by atoms with E-state index in [0.717, 1.165) is 24.2 Å². The number of benzene rings is 1. The van der Waals surface area contributed by atoms with E-state index in [-0.39, 0.29) is 6.10 Å². The molecule has 0 bridgehead atoms. The van der Waals surface area contributed by atoms with Crippen LogP contribution in [0.2, 0.25) is 0 Å². The van der Waals surface area contributed by atoms with E-state index in [2.05, 4.69) is 6.92 Å². The Balaban J connectivity index is 3.04. The first-order chi connectivity index (χ1) is 6.72.